The van der Waals surface area contributed by atoms with E-state index in [4.69, 9.17) is 4.74 Å². The first-order valence-corrected chi connectivity index (χ1v) is 10.2. The zero-order chi connectivity index (χ0) is 18.6. The van der Waals surface area contributed by atoms with Gasteiger partial charge in [0.25, 0.3) is 0 Å². The predicted octanol–water partition coefficient (Wildman–Crippen LogP) is 2.17. The van der Waals surface area contributed by atoms with Crippen molar-refractivity contribution < 1.29 is 14.3 Å². The number of carbonyl (C=O) groups is 2. The second kappa shape index (κ2) is 8.29. The van der Waals surface area contributed by atoms with Crippen molar-refractivity contribution >= 4 is 17.6 Å². The van der Waals surface area contributed by atoms with Gasteiger partial charge in [-0.2, -0.15) is 5.10 Å². The molecule has 27 heavy (non-hydrogen) atoms. The molecule has 1 aliphatic carbocycles. The number of likely N-dealkylation sites (tertiary alicyclic amines) is 1. The van der Waals surface area contributed by atoms with Gasteiger partial charge in [0, 0.05) is 38.0 Å². The second-order valence-electron chi connectivity index (χ2n) is 7.84. The van der Waals surface area contributed by atoms with Crippen LogP contribution in [-0.4, -0.2) is 71.3 Å². The van der Waals surface area contributed by atoms with Crippen molar-refractivity contribution in [3.8, 4) is 0 Å². The number of hydrogen-bond donors (Lipinski definition) is 2. The monoisotopic (exact) mass is 375 g/mol. The Balaban J connectivity index is 1.40. The standard InChI is InChI=1S/C19H29N5O3/c25-18(14-4-1-2-5-14)21-16-12-20-22-17(16)15-6-3-7-24(13-15)19(26)23-8-10-27-11-9-23/h12,14-15H,1-11,13H2,(H,20,22)(H,21,25). The van der Waals surface area contributed by atoms with E-state index in [9.17, 15) is 9.59 Å². The third-order valence-corrected chi connectivity index (χ3v) is 6.03. The molecule has 2 saturated heterocycles. The molecular weight excluding hydrogens is 346 g/mol. The number of hydrogen-bond acceptors (Lipinski definition) is 4. The maximum Gasteiger partial charge on any atom is 0.320 e. The van der Waals surface area contributed by atoms with E-state index in [-0.39, 0.29) is 23.8 Å². The summed E-state index contributed by atoms with van der Waals surface area (Å²) in [5, 5.41) is 10.3. The van der Waals surface area contributed by atoms with E-state index in [1.54, 1.807) is 6.20 Å². The summed E-state index contributed by atoms with van der Waals surface area (Å²) in [5.41, 5.74) is 1.72. The zero-order valence-electron chi connectivity index (χ0n) is 15.8. The number of aromatic amines is 1. The summed E-state index contributed by atoms with van der Waals surface area (Å²) in [6, 6.07) is 0.0963. The second-order valence-corrected chi connectivity index (χ2v) is 7.84. The minimum Gasteiger partial charge on any atom is -0.378 e. The molecule has 0 radical (unpaired) electrons. The van der Waals surface area contributed by atoms with Crippen LogP contribution in [0.15, 0.2) is 6.20 Å². The Morgan fingerprint density at radius 1 is 1.07 bits per heavy atom. The third kappa shape index (κ3) is 4.10. The van der Waals surface area contributed by atoms with Crippen LogP contribution in [0.2, 0.25) is 0 Å². The molecule has 4 rings (SSSR count). The van der Waals surface area contributed by atoms with Crippen molar-refractivity contribution in [3.63, 3.8) is 0 Å². The Kier molecular flexibility index (Phi) is 5.61. The Bertz CT molecular complexity index is 664. The normalized spacial score (nSPS) is 24.2. The highest BCUT2D eigenvalue weighted by atomic mass is 16.5. The van der Waals surface area contributed by atoms with Gasteiger partial charge >= 0.3 is 6.03 Å². The van der Waals surface area contributed by atoms with Crippen molar-refractivity contribution in [1.29, 1.82) is 0 Å². The lowest BCUT2D eigenvalue weighted by molar-refractivity contribution is -0.119. The topological polar surface area (TPSA) is 90.6 Å². The summed E-state index contributed by atoms with van der Waals surface area (Å²) in [7, 11) is 0. The molecule has 0 aromatic carbocycles. The quantitative estimate of drug-likeness (QED) is 0.847. The number of H-pyrrole nitrogens is 1. The van der Waals surface area contributed by atoms with Crippen molar-refractivity contribution in [2.75, 3.05) is 44.7 Å². The zero-order valence-corrected chi connectivity index (χ0v) is 15.8. The van der Waals surface area contributed by atoms with Crippen molar-refractivity contribution in [3.05, 3.63) is 11.9 Å². The molecule has 8 heteroatoms. The SMILES string of the molecule is O=C(Nc1cn[nH]c1C1CCCN(C(=O)N2CCOCC2)C1)C1CCCC1. The number of aromatic nitrogens is 2. The lowest BCUT2D eigenvalue weighted by atomic mass is 9.94. The molecule has 3 heterocycles. The molecule has 1 atom stereocenters. The predicted molar refractivity (Wildman–Crippen MR) is 101 cm³/mol. The highest BCUT2D eigenvalue weighted by Gasteiger charge is 2.31. The molecule has 3 fully saturated rings. The highest BCUT2D eigenvalue weighted by molar-refractivity contribution is 5.93. The molecule has 2 N–H and O–H groups in total. The number of urea groups is 1. The summed E-state index contributed by atoms with van der Waals surface area (Å²) >= 11 is 0. The maximum absolute atomic E-state index is 12.8. The first kappa shape index (κ1) is 18.3. The van der Waals surface area contributed by atoms with Crippen LogP contribution >= 0.6 is 0 Å². The lowest BCUT2D eigenvalue weighted by Gasteiger charge is -2.37. The molecule has 1 aromatic heterocycles. The summed E-state index contributed by atoms with van der Waals surface area (Å²) in [6.45, 7) is 3.98. The van der Waals surface area contributed by atoms with Crippen LogP contribution < -0.4 is 5.32 Å². The fourth-order valence-corrected chi connectivity index (χ4v) is 4.47. The largest absolute Gasteiger partial charge is 0.378 e. The first-order chi connectivity index (χ1) is 13.2. The van der Waals surface area contributed by atoms with E-state index in [0.717, 1.165) is 56.5 Å². The van der Waals surface area contributed by atoms with Gasteiger partial charge < -0.3 is 19.9 Å². The van der Waals surface area contributed by atoms with E-state index in [1.807, 2.05) is 9.80 Å². The van der Waals surface area contributed by atoms with Crippen LogP contribution in [0.1, 0.15) is 50.1 Å². The molecule has 0 bridgehead atoms. The number of nitrogens with zero attached hydrogens (tertiary/aromatic N) is 3. The van der Waals surface area contributed by atoms with Crippen molar-refractivity contribution in [1.82, 2.24) is 20.0 Å². The third-order valence-electron chi connectivity index (χ3n) is 6.03. The number of morpholine rings is 1. The Morgan fingerprint density at radius 3 is 2.63 bits per heavy atom. The fourth-order valence-electron chi connectivity index (χ4n) is 4.47. The fraction of sp³-hybridized carbons (Fsp3) is 0.737. The van der Waals surface area contributed by atoms with Crippen molar-refractivity contribution in [2.45, 2.75) is 44.4 Å². The Labute approximate surface area is 159 Å². The molecule has 3 amide bonds. The number of rotatable bonds is 3. The summed E-state index contributed by atoms with van der Waals surface area (Å²) in [6.07, 6.45) is 7.87. The average Bonchev–Trinajstić information content (AvgIpc) is 3.40. The molecule has 148 valence electrons. The highest BCUT2D eigenvalue weighted by Crippen LogP contribution is 2.32. The van der Waals surface area contributed by atoms with Crippen LogP contribution in [0.5, 0.6) is 0 Å². The number of nitrogens with one attached hydrogen (secondary N) is 2. The molecule has 1 unspecified atom stereocenters. The maximum atomic E-state index is 12.8. The molecule has 8 nitrogen and oxygen atoms in total. The van der Waals surface area contributed by atoms with Gasteiger partial charge in [-0.1, -0.05) is 12.8 Å². The molecule has 1 aromatic rings. The van der Waals surface area contributed by atoms with Crippen LogP contribution in [0.25, 0.3) is 0 Å². The molecule has 1 saturated carbocycles. The van der Waals surface area contributed by atoms with E-state index in [2.05, 4.69) is 15.5 Å². The van der Waals surface area contributed by atoms with Gasteiger partial charge in [0.2, 0.25) is 5.91 Å². The summed E-state index contributed by atoms with van der Waals surface area (Å²) < 4.78 is 5.35. The average molecular weight is 375 g/mol. The van der Waals surface area contributed by atoms with E-state index >= 15 is 0 Å². The van der Waals surface area contributed by atoms with Gasteiger partial charge in [0.1, 0.15) is 0 Å². The number of anilines is 1. The Hall–Kier alpha value is -2.09. The van der Waals surface area contributed by atoms with Crippen LogP contribution in [-0.2, 0) is 9.53 Å². The smallest absolute Gasteiger partial charge is 0.320 e. The number of ether oxygens (including phenoxy) is 1. The van der Waals surface area contributed by atoms with Crippen molar-refractivity contribution in [2.24, 2.45) is 5.92 Å². The number of carbonyl (C=O) groups excluding carboxylic acids is 2. The molecule has 3 aliphatic rings. The van der Waals surface area contributed by atoms with E-state index in [0.29, 0.717) is 32.8 Å². The summed E-state index contributed by atoms with van der Waals surface area (Å²) in [4.78, 5) is 29.1. The van der Waals surface area contributed by atoms with Gasteiger partial charge in [-0.15, -0.1) is 0 Å². The van der Waals surface area contributed by atoms with Gasteiger partial charge in [-0.3, -0.25) is 9.89 Å². The van der Waals surface area contributed by atoms with E-state index in [1.165, 1.54) is 0 Å². The first-order valence-electron chi connectivity index (χ1n) is 10.2. The lowest BCUT2D eigenvalue weighted by Crippen LogP contribution is -2.50. The van der Waals surface area contributed by atoms with E-state index < -0.39 is 0 Å². The number of piperidine rings is 1. The van der Waals surface area contributed by atoms with Gasteiger partial charge in [-0.25, -0.2) is 4.79 Å². The molecule has 0 spiro atoms. The van der Waals surface area contributed by atoms with Crippen LogP contribution in [0.4, 0.5) is 10.5 Å². The van der Waals surface area contributed by atoms with Gasteiger partial charge in [0.05, 0.1) is 30.8 Å². The minimum absolute atomic E-state index is 0.0963. The van der Waals surface area contributed by atoms with Gasteiger partial charge in [0.15, 0.2) is 0 Å². The Morgan fingerprint density at radius 2 is 1.85 bits per heavy atom. The summed E-state index contributed by atoms with van der Waals surface area (Å²) in [5.74, 6) is 0.399. The molecule has 2 aliphatic heterocycles. The van der Waals surface area contributed by atoms with Crippen LogP contribution in [0.3, 0.4) is 0 Å². The van der Waals surface area contributed by atoms with Crippen LogP contribution in [0, 0.1) is 5.92 Å². The van der Waals surface area contributed by atoms with Gasteiger partial charge in [-0.05, 0) is 25.7 Å². The molecular formula is C19H29N5O3. The number of amides is 3. The minimum atomic E-state index is 0.0963.